The number of amides is 1. The molecule has 0 atom stereocenters. The molecule has 0 aliphatic carbocycles. The number of rotatable bonds is 7. The maximum absolute atomic E-state index is 13.2. The number of ether oxygens (including phenoxy) is 2. The molecule has 184 valence electrons. The van der Waals surface area contributed by atoms with E-state index in [0.717, 1.165) is 5.56 Å². The Morgan fingerprint density at radius 1 is 0.892 bits per heavy atom. The van der Waals surface area contributed by atoms with Gasteiger partial charge in [-0.25, -0.2) is 9.78 Å². The van der Waals surface area contributed by atoms with Gasteiger partial charge in [0.2, 0.25) is 5.89 Å². The van der Waals surface area contributed by atoms with Gasteiger partial charge in [-0.1, -0.05) is 54.6 Å². The molecule has 4 aromatic carbocycles. The predicted octanol–water partition coefficient (Wildman–Crippen LogP) is 5.82. The number of fused-ring (bicyclic) bond motifs is 1. The minimum Gasteiger partial charge on any atom is -0.506 e. The van der Waals surface area contributed by atoms with Crippen LogP contribution in [0.25, 0.3) is 22.6 Å². The quantitative estimate of drug-likeness (QED) is 0.217. The maximum atomic E-state index is 13.2. The summed E-state index contributed by atoms with van der Waals surface area (Å²) in [7, 11) is 1.22. The second-order valence-electron chi connectivity index (χ2n) is 8.09. The van der Waals surface area contributed by atoms with Crippen LogP contribution in [-0.2, 0) is 11.3 Å². The molecule has 0 saturated carbocycles. The van der Waals surface area contributed by atoms with E-state index >= 15 is 0 Å². The lowest BCUT2D eigenvalue weighted by Gasteiger charge is -2.11. The average Bonchev–Trinajstić information content (AvgIpc) is 3.37. The minimum absolute atomic E-state index is 0.0216. The first kappa shape index (κ1) is 23.6. The number of hydrogen-bond acceptors (Lipinski definition) is 7. The summed E-state index contributed by atoms with van der Waals surface area (Å²) in [5.74, 6) is -0.669. The van der Waals surface area contributed by atoms with Crippen molar-refractivity contribution < 1.29 is 28.6 Å². The fraction of sp³-hybridized carbons (Fsp3) is 0.0690. The molecule has 0 aliphatic rings. The second-order valence-corrected chi connectivity index (χ2v) is 8.09. The van der Waals surface area contributed by atoms with Gasteiger partial charge in [0.1, 0.15) is 23.6 Å². The van der Waals surface area contributed by atoms with E-state index in [9.17, 15) is 14.7 Å². The average molecular weight is 495 g/mol. The van der Waals surface area contributed by atoms with Gasteiger partial charge >= 0.3 is 5.97 Å². The molecule has 37 heavy (non-hydrogen) atoms. The van der Waals surface area contributed by atoms with Gasteiger partial charge in [0.25, 0.3) is 5.91 Å². The summed E-state index contributed by atoms with van der Waals surface area (Å²) in [5.41, 5.74) is 2.54. The zero-order chi connectivity index (χ0) is 25.8. The molecule has 5 rings (SSSR count). The number of aromatic hydroxyl groups is 1. The second kappa shape index (κ2) is 10.2. The van der Waals surface area contributed by atoms with Gasteiger partial charge in [-0.15, -0.1) is 0 Å². The minimum atomic E-state index is -0.694. The van der Waals surface area contributed by atoms with Crippen molar-refractivity contribution in [2.75, 3.05) is 12.4 Å². The Hall–Kier alpha value is -5.11. The van der Waals surface area contributed by atoms with Gasteiger partial charge in [-0.2, -0.15) is 0 Å². The summed E-state index contributed by atoms with van der Waals surface area (Å²) in [6, 6.07) is 26.4. The normalized spacial score (nSPS) is 10.7. The number of methoxy groups -OCH3 is 1. The van der Waals surface area contributed by atoms with E-state index < -0.39 is 11.9 Å². The van der Waals surface area contributed by atoms with Crippen molar-refractivity contribution >= 4 is 28.7 Å². The number of para-hydroxylation sites is 3. The maximum Gasteiger partial charge on any atom is 0.340 e. The highest BCUT2D eigenvalue weighted by Crippen LogP contribution is 2.34. The third-order valence-corrected chi connectivity index (χ3v) is 5.70. The summed E-state index contributed by atoms with van der Waals surface area (Å²) in [6.07, 6.45) is 0. The van der Waals surface area contributed by atoms with E-state index in [4.69, 9.17) is 13.9 Å². The standard InChI is InChI=1S/C29H22N2O6/c1-35-29(34)21-13-7-14-22(32)25(21)30-27(33)20-12-8-16-24-26(20)31-28(37-24)19-11-5-6-15-23(19)36-17-18-9-3-2-4-10-18/h2-16,32H,17H2,1H3,(H,30,33). The number of esters is 1. The number of nitrogens with one attached hydrogen (secondary N) is 1. The molecular formula is C29H22N2O6. The van der Waals surface area contributed by atoms with Crippen LogP contribution in [0.15, 0.2) is 95.4 Å². The van der Waals surface area contributed by atoms with E-state index in [-0.39, 0.29) is 28.5 Å². The first-order valence-corrected chi connectivity index (χ1v) is 11.4. The summed E-state index contributed by atoms with van der Waals surface area (Å²) in [6.45, 7) is 0.370. The molecule has 1 aromatic heterocycles. The van der Waals surface area contributed by atoms with E-state index in [0.29, 0.717) is 29.0 Å². The van der Waals surface area contributed by atoms with Crippen LogP contribution >= 0.6 is 0 Å². The van der Waals surface area contributed by atoms with Crippen LogP contribution in [-0.4, -0.2) is 29.1 Å². The highest BCUT2D eigenvalue weighted by Gasteiger charge is 2.22. The van der Waals surface area contributed by atoms with Gasteiger partial charge < -0.3 is 24.3 Å². The molecule has 0 unspecified atom stereocenters. The molecule has 5 aromatic rings. The predicted molar refractivity (Wildman–Crippen MR) is 138 cm³/mol. The number of aromatic nitrogens is 1. The smallest absolute Gasteiger partial charge is 0.340 e. The first-order chi connectivity index (χ1) is 18.0. The summed E-state index contributed by atoms with van der Waals surface area (Å²) in [5, 5.41) is 12.9. The first-order valence-electron chi connectivity index (χ1n) is 11.4. The SMILES string of the molecule is COC(=O)c1cccc(O)c1NC(=O)c1cccc2oc(-c3ccccc3OCc3ccccc3)nc12. The zero-order valence-corrected chi connectivity index (χ0v) is 19.8. The van der Waals surface area contributed by atoms with Crippen LogP contribution in [0.1, 0.15) is 26.3 Å². The number of carbonyl (C=O) groups is 2. The van der Waals surface area contributed by atoms with Crippen molar-refractivity contribution in [3.8, 4) is 23.0 Å². The van der Waals surface area contributed by atoms with Crippen LogP contribution in [0.4, 0.5) is 5.69 Å². The van der Waals surface area contributed by atoms with Crippen molar-refractivity contribution in [2.45, 2.75) is 6.61 Å². The Labute approximate surface area is 212 Å². The number of oxazole rings is 1. The van der Waals surface area contributed by atoms with E-state index in [1.165, 1.54) is 25.3 Å². The molecule has 1 amide bonds. The van der Waals surface area contributed by atoms with E-state index in [1.807, 2.05) is 54.6 Å². The number of hydrogen-bond donors (Lipinski definition) is 2. The highest BCUT2D eigenvalue weighted by atomic mass is 16.5. The van der Waals surface area contributed by atoms with Crippen LogP contribution < -0.4 is 10.1 Å². The van der Waals surface area contributed by atoms with Crippen molar-refractivity contribution in [2.24, 2.45) is 0 Å². The van der Waals surface area contributed by atoms with Gasteiger partial charge in [0.05, 0.1) is 29.5 Å². The Morgan fingerprint density at radius 3 is 2.43 bits per heavy atom. The molecule has 0 fully saturated rings. The number of benzene rings is 4. The third kappa shape index (κ3) is 4.85. The van der Waals surface area contributed by atoms with Crippen LogP contribution in [0, 0.1) is 0 Å². The monoisotopic (exact) mass is 494 g/mol. The Kier molecular flexibility index (Phi) is 6.54. The summed E-state index contributed by atoms with van der Waals surface area (Å²) in [4.78, 5) is 30.0. The lowest BCUT2D eigenvalue weighted by atomic mass is 10.1. The molecule has 0 aliphatic heterocycles. The van der Waals surface area contributed by atoms with Crippen molar-refractivity contribution in [1.82, 2.24) is 4.98 Å². The topological polar surface area (TPSA) is 111 Å². The lowest BCUT2D eigenvalue weighted by molar-refractivity contribution is 0.0601. The fourth-order valence-corrected chi connectivity index (χ4v) is 3.88. The molecule has 0 saturated heterocycles. The van der Waals surface area contributed by atoms with Gasteiger partial charge in [-0.05, 0) is 42.0 Å². The van der Waals surface area contributed by atoms with Crippen LogP contribution in [0.3, 0.4) is 0 Å². The Morgan fingerprint density at radius 2 is 1.62 bits per heavy atom. The number of phenolic OH excluding ortho intramolecular Hbond substituents is 1. The summed E-state index contributed by atoms with van der Waals surface area (Å²) >= 11 is 0. The van der Waals surface area contributed by atoms with Crippen molar-refractivity contribution in [3.05, 3.63) is 108 Å². The molecule has 0 bridgehead atoms. The number of phenols is 1. The van der Waals surface area contributed by atoms with Crippen LogP contribution in [0.5, 0.6) is 11.5 Å². The van der Waals surface area contributed by atoms with Gasteiger partial charge in [-0.3, -0.25) is 4.79 Å². The van der Waals surface area contributed by atoms with E-state index in [2.05, 4.69) is 10.3 Å². The largest absolute Gasteiger partial charge is 0.506 e. The molecule has 1 heterocycles. The molecule has 8 heteroatoms. The zero-order valence-electron chi connectivity index (χ0n) is 19.8. The number of carbonyl (C=O) groups excluding carboxylic acids is 2. The van der Waals surface area contributed by atoms with Crippen molar-refractivity contribution in [3.63, 3.8) is 0 Å². The lowest BCUT2D eigenvalue weighted by Crippen LogP contribution is -2.16. The van der Waals surface area contributed by atoms with Crippen LogP contribution in [0.2, 0.25) is 0 Å². The molecule has 2 N–H and O–H groups in total. The van der Waals surface area contributed by atoms with Gasteiger partial charge in [0.15, 0.2) is 5.58 Å². The molecule has 8 nitrogen and oxygen atoms in total. The number of anilines is 1. The molecular weight excluding hydrogens is 472 g/mol. The molecule has 0 radical (unpaired) electrons. The number of nitrogens with zero attached hydrogens (tertiary/aromatic N) is 1. The van der Waals surface area contributed by atoms with Crippen molar-refractivity contribution in [1.29, 1.82) is 0 Å². The Bertz CT molecular complexity index is 1590. The fourth-order valence-electron chi connectivity index (χ4n) is 3.88. The molecule has 0 spiro atoms. The summed E-state index contributed by atoms with van der Waals surface area (Å²) < 4.78 is 16.8. The third-order valence-electron chi connectivity index (χ3n) is 5.70. The van der Waals surface area contributed by atoms with E-state index in [1.54, 1.807) is 18.2 Å². The van der Waals surface area contributed by atoms with Gasteiger partial charge in [0, 0.05) is 0 Å². The highest BCUT2D eigenvalue weighted by molar-refractivity contribution is 6.14. The Balaban J connectivity index is 1.47.